The number of halogens is 2. The summed E-state index contributed by atoms with van der Waals surface area (Å²) in [6.45, 7) is 0. The fraction of sp³-hybridized carbons (Fsp3) is 0.600. The molecule has 1 aromatic carbocycles. The molecular weight excluding hydrogens is 232 g/mol. The molecule has 3 heteroatoms. The van der Waals surface area contributed by atoms with Crippen molar-refractivity contribution >= 4 is 0 Å². The summed E-state index contributed by atoms with van der Waals surface area (Å²) in [6, 6.07) is 4.71. The number of hydrogen-bond donors (Lipinski definition) is 1. The summed E-state index contributed by atoms with van der Waals surface area (Å²) in [5.74, 6) is -0.755. The third kappa shape index (κ3) is 3.29. The number of benzene rings is 1. The molecule has 0 aliphatic heterocycles. The van der Waals surface area contributed by atoms with E-state index in [0.717, 1.165) is 24.3 Å². The largest absolute Gasteiger partial charge is 0.317 e. The number of rotatable bonds is 5. The van der Waals surface area contributed by atoms with Gasteiger partial charge in [0.2, 0.25) is 0 Å². The third-order valence-electron chi connectivity index (χ3n) is 4.07. The Morgan fingerprint density at radius 2 is 1.94 bits per heavy atom. The summed E-state index contributed by atoms with van der Waals surface area (Å²) >= 11 is 0. The van der Waals surface area contributed by atoms with Crippen LogP contribution in [0.25, 0.3) is 0 Å². The summed E-state index contributed by atoms with van der Waals surface area (Å²) in [6.07, 6.45) is 7.04. The van der Waals surface area contributed by atoms with E-state index in [9.17, 15) is 8.78 Å². The van der Waals surface area contributed by atoms with Crippen molar-refractivity contribution in [2.75, 3.05) is 7.05 Å². The van der Waals surface area contributed by atoms with E-state index in [4.69, 9.17) is 0 Å². The van der Waals surface area contributed by atoms with Crippen LogP contribution in [0.15, 0.2) is 18.2 Å². The average molecular weight is 253 g/mol. The van der Waals surface area contributed by atoms with Gasteiger partial charge in [-0.15, -0.1) is 0 Å². The second-order valence-corrected chi connectivity index (χ2v) is 5.23. The van der Waals surface area contributed by atoms with Gasteiger partial charge < -0.3 is 5.32 Å². The van der Waals surface area contributed by atoms with Gasteiger partial charge in [-0.3, -0.25) is 0 Å². The SMILES string of the molecule is CNC(CCc1ccc(F)c(F)c1)C1CCCC1. The molecule has 0 heterocycles. The minimum absolute atomic E-state index is 0.501. The average Bonchev–Trinajstić information content (AvgIpc) is 2.88. The van der Waals surface area contributed by atoms with Gasteiger partial charge in [-0.2, -0.15) is 0 Å². The highest BCUT2D eigenvalue weighted by Crippen LogP contribution is 2.29. The fourth-order valence-electron chi connectivity index (χ4n) is 2.99. The number of aryl methyl sites for hydroxylation is 1. The molecule has 1 fully saturated rings. The van der Waals surface area contributed by atoms with Gasteiger partial charge in [0.05, 0.1) is 0 Å². The summed E-state index contributed by atoms with van der Waals surface area (Å²) in [7, 11) is 1.99. The van der Waals surface area contributed by atoms with E-state index in [1.165, 1.54) is 37.8 Å². The molecule has 1 atom stereocenters. The molecule has 0 radical (unpaired) electrons. The predicted molar refractivity (Wildman–Crippen MR) is 69.5 cm³/mol. The zero-order valence-corrected chi connectivity index (χ0v) is 10.9. The molecular formula is C15H21F2N. The molecule has 100 valence electrons. The van der Waals surface area contributed by atoms with E-state index < -0.39 is 11.6 Å². The molecule has 0 bridgehead atoms. The van der Waals surface area contributed by atoms with E-state index in [1.807, 2.05) is 7.05 Å². The van der Waals surface area contributed by atoms with Crippen LogP contribution >= 0.6 is 0 Å². The van der Waals surface area contributed by atoms with Crippen molar-refractivity contribution in [3.8, 4) is 0 Å². The van der Waals surface area contributed by atoms with Crippen molar-refractivity contribution in [2.24, 2.45) is 5.92 Å². The first-order chi connectivity index (χ1) is 8.70. The first-order valence-electron chi connectivity index (χ1n) is 6.82. The quantitative estimate of drug-likeness (QED) is 0.844. The lowest BCUT2D eigenvalue weighted by Gasteiger charge is -2.22. The fourth-order valence-corrected chi connectivity index (χ4v) is 2.99. The van der Waals surface area contributed by atoms with Crippen LogP contribution in [-0.2, 0) is 6.42 Å². The summed E-state index contributed by atoms with van der Waals surface area (Å²) < 4.78 is 25.9. The smallest absolute Gasteiger partial charge is 0.159 e. The van der Waals surface area contributed by atoms with Gasteiger partial charge in [0.25, 0.3) is 0 Å². The van der Waals surface area contributed by atoms with Crippen LogP contribution in [0, 0.1) is 17.6 Å². The molecule has 0 saturated heterocycles. The second-order valence-electron chi connectivity index (χ2n) is 5.23. The predicted octanol–water partition coefficient (Wildman–Crippen LogP) is 3.68. The van der Waals surface area contributed by atoms with Gasteiger partial charge in [0.15, 0.2) is 11.6 Å². The van der Waals surface area contributed by atoms with Crippen LogP contribution < -0.4 is 5.32 Å². The second kappa shape index (κ2) is 6.28. The lowest BCUT2D eigenvalue weighted by Crippen LogP contribution is -2.32. The Morgan fingerprint density at radius 1 is 1.22 bits per heavy atom. The highest BCUT2D eigenvalue weighted by molar-refractivity contribution is 5.18. The summed E-state index contributed by atoms with van der Waals surface area (Å²) in [4.78, 5) is 0. The molecule has 1 unspecified atom stereocenters. The first kappa shape index (κ1) is 13.5. The Morgan fingerprint density at radius 3 is 2.56 bits per heavy atom. The maximum Gasteiger partial charge on any atom is 0.159 e. The van der Waals surface area contributed by atoms with Crippen molar-refractivity contribution in [1.29, 1.82) is 0 Å². The van der Waals surface area contributed by atoms with Crippen molar-refractivity contribution in [3.05, 3.63) is 35.4 Å². The normalized spacial score (nSPS) is 18.2. The third-order valence-corrected chi connectivity index (χ3v) is 4.07. The van der Waals surface area contributed by atoms with Crippen molar-refractivity contribution in [2.45, 2.75) is 44.6 Å². The Balaban J connectivity index is 1.90. The Kier molecular flexibility index (Phi) is 4.70. The van der Waals surface area contributed by atoms with E-state index in [-0.39, 0.29) is 0 Å². The van der Waals surface area contributed by atoms with Gasteiger partial charge >= 0.3 is 0 Å². The van der Waals surface area contributed by atoms with E-state index in [0.29, 0.717) is 6.04 Å². The molecule has 1 nitrogen and oxygen atoms in total. The molecule has 1 saturated carbocycles. The molecule has 2 rings (SSSR count). The first-order valence-corrected chi connectivity index (χ1v) is 6.82. The van der Waals surface area contributed by atoms with E-state index in [2.05, 4.69) is 5.32 Å². The molecule has 1 N–H and O–H groups in total. The van der Waals surface area contributed by atoms with Gasteiger partial charge in [-0.1, -0.05) is 18.9 Å². The van der Waals surface area contributed by atoms with E-state index in [1.54, 1.807) is 6.07 Å². The van der Waals surface area contributed by atoms with Crippen LogP contribution in [0.1, 0.15) is 37.7 Å². The zero-order valence-electron chi connectivity index (χ0n) is 10.9. The number of nitrogens with one attached hydrogen (secondary N) is 1. The minimum Gasteiger partial charge on any atom is -0.317 e. The Bertz CT molecular complexity index is 386. The van der Waals surface area contributed by atoms with Gasteiger partial charge in [-0.05, 0) is 56.3 Å². The topological polar surface area (TPSA) is 12.0 Å². The highest BCUT2D eigenvalue weighted by Gasteiger charge is 2.23. The standard InChI is InChI=1S/C15H21F2N/c1-18-15(12-4-2-3-5-12)9-7-11-6-8-13(16)14(17)10-11/h6,8,10,12,15,18H,2-5,7,9H2,1H3. The van der Waals surface area contributed by atoms with Gasteiger partial charge in [-0.25, -0.2) is 8.78 Å². The zero-order chi connectivity index (χ0) is 13.0. The van der Waals surface area contributed by atoms with Crippen LogP contribution in [0.2, 0.25) is 0 Å². The van der Waals surface area contributed by atoms with Crippen LogP contribution in [-0.4, -0.2) is 13.1 Å². The molecule has 18 heavy (non-hydrogen) atoms. The maximum absolute atomic E-state index is 13.1. The van der Waals surface area contributed by atoms with E-state index >= 15 is 0 Å². The Labute approximate surface area is 108 Å². The lowest BCUT2D eigenvalue weighted by molar-refractivity contribution is 0.359. The summed E-state index contributed by atoms with van der Waals surface area (Å²) in [5, 5.41) is 3.37. The number of hydrogen-bond acceptors (Lipinski definition) is 1. The molecule has 0 aromatic heterocycles. The molecule has 0 amide bonds. The lowest BCUT2D eigenvalue weighted by atomic mass is 9.92. The molecule has 1 aromatic rings. The van der Waals surface area contributed by atoms with Crippen LogP contribution in [0.5, 0.6) is 0 Å². The summed E-state index contributed by atoms with van der Waals surface area (Å²) in [5.41, 5.74) is 0.882. The van der Waals surface area contributed by atoms with Gasteiger partial charge in [0, 0.05) is 6.04 Å². The highest BCUT2D eigenvalue weighted by atomic mass is 19.2. The maximum atomic E-state index is 13.1. The van der Waals surface area contributed by atoms with Crippen LogP contribution in [0.4, 0.5) is 8.78 Å². The Hall–Kier alpha value is -0.960. The van der Waals surface area contributed by atoms with Crippen molar-refractivity contribution in [3.63, 3.8) is 0 Å². The van der Waals surface area contributed by atoms with Gasteiger partial charge in [0.1, 0.15) is 0 Å². The van der Waals surface area contributed by atoms with Crippen molar-refractivity contribution < 1.29 is 8.78 Å². The van der Waals surface area contributed by atoms with Crippen molar-refractivity contribution in [1.82, 2.24) is 5.32 Å². The monoisotopic (exact) mass is 253 g/mol. The molecule has 1 aliphatic carbocycles. The minimum atomic E-state index is -0.764. The molecule has 0 spiro atoms. The van der Waals surface area contributed by atoms with Crippen LogP contribution in [0.3, 0.4) is 0 Å². The molecule has 1 aliphatic rings.